The SMILES string of the molecule is CNc1ncc(Cl)c(Oc2cccc(C(C)(C)C)c2)n1. The Kier molecular flexibility index (Phi) is 4.14. The summed E-state index contributed by atoms with van der Waals surface area (Å²) in [6.45, 7) is 6.47. The molecular weight excluding hydrogens is 274 g/mol. The van der Waals surface area contributed by atoms with Crippen molar-refractivity contribution < 1.29 is 4.74 Å². The van der Waals surface area contributed by atoms with Crippen LogP contribution in [0.25, 0.3) is 0 Å². The van der Waals surface area contributed by atoms with Crippen molar-refractivity contribution in [1.29, 1.82) is 0 Å². The Bertz CT molecular complexity index is 608. The highest BCUT2D eigenvalue weighted by molar-refractivity contribution is 6.31. The zero-order chi connectivity index (χ0) is 14.8. The Morgan fingerprint density at radius 1 is 1.25 bits per heavy atom. The van der Waals surface area contributed by atoms with E-state index in [0.717, 1.165) is 0 Å². The Labute approximate surface area is 124 Å². The molecule has 0 amide bonds. The molecule has 4 nitrogen and oxygen atoms in total. The molecule has 20 heavy (non-hydrogen) atoms. The number of benzene rings is 1. The molecule has 1 aromatic carbocycles. The predicted molar refractivity (Wildman–Crippen MR) is 81.8 cm³/mol. The van der Waals surface area contributed by atoms with E-state index in [4.69, 9.17) is 16.3 Å². The molecule has 0 aliphatic heterocycles. The summed E-state index contributed by atoms with van der Waals surface area (Å²) >= 11 is 6.06. The van der Waals surface area contributed by atoms with E-state index in [0.29, 0.717) is 22.6 Å². The van der Waals surface area contributed by atoms with Crippen molar-refractivity contribution in [3.05, 3.63) is 41.0 Å². The van der Waals surface area contributed by atoms with Crippen LogP contribution in [0.5, 0.6) is 11.6 Å². The van der Waals surface area contributed by atoms with Gasteiger partial charge in [-0.3, -0.25) is 0 Å². The van der Waals surface area contributed by atoms with Crippen LogP contribution in [-0.2, 0) is 5.41 Å². The molecule has 0 atom stereocenters. The second kappa shape index (κ2) is 5.67. The summed E-state index contributed by atoms with van der Waals surface area (Å²) in [7, 11) is 1.74. The van der Waals surface area contributed by atoms with Gasteiger partial charge in [0, 0.05) is 7.05 Å². The fourth-order valence-electron chi connectivity index (χ4n) is 1.68. The summed E-state index contributed by atoms with van der Waals surface area (Å²) in [5, 5.41) is 3.23. The molecule has 1 heterocycles. The maximum Gasteiger partial charge on any atom is 0.243 e. The molecule has 2 rings (SSSR count). The Morgan fingerprint density at radius 2 is 2.00 bits per heavy atom. The molecule has 1 N–H and O–H groups in total. The number of hydrogen-bond donors (Lipinski definition) is 1. The quantitative estimate of drug-likeness (QED) is 0.918. The number of nitrogens with zero attached hydrogens (tertiary/aromatic N) is 2. The second-order valence-electron chi connectivity index (χ2n) is 5.48. The van der Waals surface area contributed by atoms with Crippen molar-refractivity contribution in [3.63, 3.8) is 0 Å². The van der Waals surface area contributed by atoms with Gasteiger partial charge in [-0.05, 0) is 23.1 Å². The van der Waals surface area contributed by atoms with E-state index in [1.54, 1.807) is 7.05 Å². The summed E-state index contributed by atoms with van der Waals surface area (Å²) in [6.07, 6.45) is 1.52. The van der Waals surface area contributed by atoms with Crippen molar-refractivity contribution in [2.75, 3.05) is 12.4 Å². The van der Waals surface area contributed by atoms with Crippen LogP contribution in [0.1, 0.15) is 26.3 Å². The third-order valence-electron chi connectivity index (χ3n) is 2.85. The molecule has 0 saturated carbocycles. The highest BCUT2D eigenvalue weighted by Gasteiger charge is 2.15. The minimum absolute atomic E-state index is 0.0605. The van der Waals surface area contributed by atoms with Gasteiger partial charge in [-0.15, -0.1) is 0 Å². The molecule has 0 fully saturated rings. The van der Waals surface area contributed by atoms with Crippen LogP contribution >= 0.6 is 11.6 Å². The van der Waals surface area contributed by atoms with Crippen LogP contribution in [0.15, 0.2) is 30.5 Å². The van der Waals surface area contributed by atoms with Crippen molar-refractivity contribution in [3.8, 4) is 11.6 Å². The van der Waals surface area contributed by atoms with Crippen molar-refractivity contribution in [2.45, 2.75) is 26.2 Å². The molecule has 1 aromatic heterocycles. The normalized spacial score (nSPS) is 11.2. The molecule has 106 valence electrons. The van der Waals surface area contributed by atoms with Crippen LogP contribution in [0.4, 0.5) is 5.95 Å². The first kappa shape index (κ1) is 14.6. The van der Waals surface area contributed by atoms with Gasteiger partial charge in [0.1, 0.15) is 10.8 Å². The third kappa shape index (κ3) is 3.39. The molecule has 0 aliphatic rings. The Hall–Kier alpha value is -1.81. The van der Waals surface area contributed by atoms with Gasteiger partial charge in [0.05, 0.1) is 6.20 Å². The number of aromatic nitrogens is 2. The van der Waals surface area contributed by atoms with Crippen LogP contribution in [0.3, 0.4) is 0 Å². The first-order valence-corrected chi connectivity index (χ1v) is 6.76. The minimum atomic E-state index is 0.0605. The lowest BCUT2D eigenvalue weighted by Gasteiger charge is -2.19. The average molecular weight is 292 g/mol. The number of rotatable bonds is 3. The van der Waals surface area contributed by atoms with E-state index in [9.17, 15) is 0 Å². The molecule has 0 unspecified atom stereocenters. The Morgan fingerprint density at radius 3 is 2.65 bits per heavy atom. The van der Waals surface area contributed by atoms with Gasteiger partial charge in [-0.1, -0.05) is 44.5 Å². The summed E-state index contributed by atoms with van der Waals surface area (Å²) in [5.74, 6) is 1.52. The first-order valence-electron chi connectivity index (χ1n) is 6.39. The summed E-state index contributed by atoms with van der Waals surface area (Å²) in [6, 6.07) is 7.92. The van der Waals surface area contributed by atoms with Crippen LogP contribution in [0.2, 0.25) is 5.02 Å². The van der Waals surface area contributed by atoms with Crippen LogP contribution in [-0.4, -0.2) is 17.0 Å². The summed E-state index contributed by atoms with van der Waals surface area (Å²) in [4.78, 5) is 8.22. The van der Waals surface area contributed by atoms with Gasteiger partial charge in [0.2, 0.25) is 11.8 Å². The van der Waals surface area contributed by atoms with Crippen molar-refractivity contribution in [2.24, 2.45) is 0 Å². The summed E-state index contributed by atoms with van der Waals surface area (Å²) < 4.78 is 5.76. The standard InChI is InChI=1S/C15H18ClN3O/c1-15(2,3)10-6-5-7-11(8-10)20-13-12(16)9-18-14(17-4)19-13/h5-9H,1-4H3,(H,17,18,19). The number of anilines is 1. The van der Waals surface area contributed by atoms with Crippen molar-refractivity contribution >= 4 is 17.5 Å². The molecule has 2 aromatic rings. The third-order valence-corrected chi connectivity index (χ3v) is 3.11. The highest BCUT2D eigenvalue weighted by atomic mass is 35.5. The lowest BCUT2D eigenvalue weighted by Crippen LogP contribution is -2.10. The molecule has 0 spiro atoms. The topological polar surface area (TPSA) is 47.0 Å². The van der Waals surface area contributed by atoms with Gasteiger partial charge in [0.15, 0.2) is 0 Å². The fraction of sp³-hybridized carbons (Fsp3) is 0.333. The maximum absolute atomic E-state index is 6.06. The lowest BCUT2D eigenvalue weighted by atomic mass is 9.87. The monoisotopic (exact) mass is 291 g/mol. The largest absolute Gasteiger partial charge is 0.437 e. The van der Waals surface area contributed by atoms with E-state index in [2.05, 4.69) is 42.1 Å². The zero-order valence-corrected chi connectivity index (χ0v) is 12.8. The number of nitrogens with one attached hydrogen (secondary N) is 1. The van der Waals surface area contributed by atoms with E-state index in [-0.39, 0.29) is 5.41 Å². The number of ether oxygens (including phenoxy) is 1. The highest BCUT2D eigenvalue weighted by Crippen LogP contribution is 2.30. The van der Waals surface area contributed by atoms with Gasteiger partial charge < -0.3 is 10.1 Å². The zero-order valence-electron chi connectivity index (χ0n) is 12.1. The lowest BCUT2D eigenvalue weighted by molar-refractivity contribution is 0.459. The first-order chi connectivity index (χ1) is 9.40. The predicted octanol–water partition coefficient (Wildman–Crippen LogP) is 4.26. The average Bonchev–Trinajstić information content (AvgIpc) is 2.41. The number of halogens is 1. The molecular formula is C15H18ClN3O. The van der Waals surface area contributed by atoms with Gasteiger partial charge in [-0.2, -0.15) is 4.98 Å². The van der Waals surface area contributed by atoms with E-state index < -0.39 is 0 Å². The molecule has 0 aliphatic carbocycles. The molecule has 5 heteroatoms. The Balaban J connectivity index is 2.30. The van der Waals surface area contributed by atoms with Crippen LogP contribution in [0, 0.1) is 0 Å². The van der Waals surface area contributed by atoms with E-state index in [1.807, 2.05) is 18.2 Å². The molecule has 0 bridgehead atoms. The van der Waals surface area contributed by atoms with Crippen molar-refractivity contribution in [1.82, 2.24) is 9.97 Å². The molecule has 0 saturated heterocycles. The van der Waals surface area contributed by atoms with Gasteiger partial charge in [-0.25, -0.2) is 4.98 Å². The maximum atomic E-state index is 6.06. The van der Waals surface area contributed by atoms with Gasteiger partial charge in [0.25, 0.3) is 0 Å². The summed E-state index contributed by atoms with van der Waals surface area (Å²) in [5.41, 5.74) is 1.25. The smallest absolute Gasteiger partial charge is 0.243 e. The second-order valence-corrected chi connectivity index (χ2v) is 5.88. The minimum Gasteiger partial charge on any atom is -0.437 e. The van der Waals surface area contributed by atoms with Crippen LogP contribution < -0.4 is 10.1 Å². The number of hydrogen-bond acceptors (Lipinski definition) is 4. The fourth-order valence-corrected chi connectivity index (χ4v) is 1.81. The van der Waals surface area contributed by atoms with E-state index in [1.165, 1.54) is 11.8 Å². The van der Waals surface area contributed by atoms with E-state index >= 15 is 0 Å². The van der Waals surface area contributed by atoms with Gasteiger partial charge >= 0.3 is 0 Å². The molecule has 0 radical (unpaired) electrons.